The van der Waals surface area contributed by atoms with Gasteiger partial charge in [0.05, 0.1) is 6.54 Å². The van der Waals surface area contributed by atoms with Crippen LogP contribution in [0.5, 0.6) is 0 Å². The zero-order valence-electron chi connectivity index (χ0n) is 15.8. The summed E-state index contributed by atoms with van der Waals surface area (Å²) in [6.07, 6.45) is 7.33. The summed E-state index contributed by atoms with van der Waals surface area (Å²) in [6, 6.07) is 0. The Kier molecular flexibility index (Phi) is 5.27. The molecule has 3 heterocycles. The van der Waals surface area contributed by atoms with Crippen LogP contribution in [-0.2, 0) is 16.1 Å². The molecule has 3 fully saturated rings. The second-order valence-corrected chi connectivity index (χ2v) is 8.30. The topological polar surface area (TPSA) is 71.7 Å². The molecule has 3 aliphatic rings. The predicted octanol–water partition coefficient (Wildman–Crippen LogP) is 2.19. The van der Waals surface area contributed by atoms with Crippen LogP contribution >= 0.6 is 0 Å². The molecule has 1 aromatic heterocycles. The number of hydrogen-bond acceptors (Lipinski definition) is 6. The zero-order chi connectivity index (χ0) is 18.0. The molecule has 0 aromatic carbocycles. The molecule has 1 aliphatic carbocycles. The quantitative estimate of drug-likeness (QED) is 0.693. The number of methoxy groups -OCH3 is 1. The van der Waals surface area contributed by atoms with Crippen molar-refractivity contribution in [2.45, 2.75) is 57.4 Å². The largest absolute Gasteiger partial charge is 0.385 e. The Balaban J connectivity index is 1.35. The van der Waals surface area contributed by atoms with Crippen molar-refractivity contribution < 1.29 is 14.1 Å². The highest BCUT2D eigenvalue weighted by Gasteiger charge is 2.41. The lowest BCUT2D eigenvalue weighted by Gasteiger charge is -2.48. The molecular weight excluding hydrogens is 332 g/mol. The fraction of sp³-hybridized carbons (Fsp3) is 0.842. The number of carbonyl (C=O) groups excluding carboxylic acids is 1. The Morgan fingerprint density at radius 3 is 3.00 bits per heavy atom. The summed E-state index contributed by atoms with van der Waals surface area (Å²) in [5.41, 5.74) is 0.224. The Labute approximate surface area is 155 Å². The van der Waals surface area contributed by atoms with Crippen molar-refractivity contribution in [3.63, 3.8) is 0 Å². The van der Waals surface area contributed by atoms with Gasteiger partial charge in [-0.3, -0.25) is 9.69 Å². The van der Waals surface area contributed by atoms with E-state index in [1.54, 1.807) is 7.11 Å². The van der Waals surface area contributed by atoms with Crippen molar-refractivity contribution in [2.24, 2.45) is 5.41 Å². The van der Waals surface area contributed by atoms with E-state index in [-0.39, 0.29) is 5.41 Å². The minimum atomic E-state index is 0.224. The highest BCUT2D eigenvalue weighted by atomic mass is 16.5. The van der Waals surface area contributed by atoms with E-state index < -0.39 is 0 Å². The van der Waals surface area contributed by atoms with E-state index in [1.165, 1.54) is 25.7 Å². The van der Waals surface area contributed by atoms with Gasteiger partial charge < -0.3 is 14.2 Å². The number of rotatable bonds is 7. The summed E-state index contributed by atoms with van der Waals surface area (Å²) in [5, 5.41) is 4.18. The molecule has 7 nitrogen and oxygen atoms in total. The van der Waals surface area contributed by atoms with Gasteiger partial charge in [-0.2, -0.15) is 4.98 Å². The van der Waals surface area contributed by atoms with Gasteiger partial charge in [0.15, 0.2) is 5.82 Å². The number of likely N-dealkylation sites (tertiary alicyclic amines) is 2. The Morgan fingerprint density at radius 2 is 2.19 bits per heavy atom. The average Bonchev–Trinajstić information content (AvgIpc) is 3.39. The lowest BCUT2D eigenvalue weighted by molar-refractivity contribution is -0.139. The highest BCUT2D eigenvalue weighted by Crippen LogP contribution is 2.40. The molecule has 1 atom stereocenters. The van der Waals surface area contributed by atoms with E-state index in [9.17, 15) is 4.79 Å². The van der Waals surface area contributed by atoms with Crippen molar-refractivity contribution in [3.05, 3.63) is 11.7 Å². The monoisotopic (exact) mass is 362 g/mol. The van der Waals surface area contributed by atoms with Gasteiger partial charge in [0.2, 0.25) is 11.8 Å². The predicted molar refractivity (Wildman–Crippen MR) is 95.5 cm³/mol. The molecular formula is C19H30N4O3. The molecule has 2 saturated heterocycles. The third-order valence-corrected chi connectivity index (χ3v) is 6.04. The van der Waals surface area contributed by atoms with Gasteiger partial charge in [-0.05, 0) is 45.1 Å². The minimum Gasteiger partial charge on any atom is -0.385 e. The highest BCUT2D eigenvalue weighted by molar-refractivity contribution is 5.77. The number of hydrogen-bond donors (Lipinski definition) is 0. The van der Waals surface area contributed by atoms with Crippen molar-refractivity contribution >= 4 is 5.91 Å². The standard InChI is InChI=1S/C19H30N4O3/c1-25-11-3-10-23-14-19(8-6-17(23)24)7-2-9-22(13-19)12-16-20-18(26-21-16)15-4-5-15/h15H,2-14H2,1H3/t19-/m0/s1. The fourth-order valence-corrected chi connectivity index (χ4v) is 4.51. The maximum absolute atomic E-state index is 12.3. The van der Waals surface area contributed by atoms with Crippen LogP contribution in [0.4, 0.5) is 0 Å². The first-order valence-corrected chi connectivity index (χ1v) is 9.99. The van der Waals surface area contributed by atoms with Crippen LogP contribution in [0.25, 0.3) is 0 Å². The molecule has 0 bridgehead atoms. The first kappa shape index (κ1) is 17.9. The van der Waals surface area contributed by atoms with Crippen LogP contribution in [0, 0.1) is 5.41 Å². The number of aromatic nitrogens is 2. The van der Waals surface area contributed by atoms with Crippen LogP contribution in [0.1, 0.15) is 62.6 Å². The summed E-state index contributed by atoms with van der Waals surface area (Å²) >= 11 is 0. The van der Waals surface area contributed by atoms with Gasteiger partial charge in [-0.15, -0.1) is 0 Å². The lowest BCUT2D eigenvalue weighted by Crippen LogP contribution is -2.54. The molecule has 1 aromatic rings. The van der Waals surface area contributed by atoms with Gasteiger partial charge in [-0.1, -0.05) is 5.16 Å². The maximum Gasteiger partial charge on any atom is 0.229 e. The molecule has 144 valence electrons. The average molecular weight is 362 g/mol. The molecule has 1 amide bonds. The third kappa shape index (κ3) is 4.09. The number of ether oxygens (including phenoxy) is 1. The molecule has 7 heteroatoms. The molecule has 2 aliphatic heterocycles. The normalized spacial score (nSPS) is 27.4. The van der Waals surface area contributed by atoms with Crippen LogP contribution in [0.15, 0.2) is 4.52 Å². The summed E-state index contributed by atoms with van der Waals surface area (Å²) in [5.74, 6) is 2.44. The van der Waals surface area contributed by atoms with Gasteiger partial charge in [-0.25, -0.2) is 0 Å². The maximum atomic E-state index is 12.3. The first-order valence-electron chi connectivity index (χ1n) is 9.99. The van der Waals surface area contributed by atoms with E-state index >= 15 is 0 Å². The van der Waals surface area contributed by atoms with Crippen LogP contribution in [-0.4, -0.2) is 65.7 Å². The van der Waals surface area contributed by atoms with Crippen molar-refractivity contribution in [2.75, 3.05) is 39.9 Å². The van der Waals surface area contributed by atoms with E-state index in [0.717, 1.165) is 57.3 Å². The SMILES string of the molecule is COCCCN1C[C@@]2(CCCN(Cc3noc(C4CC4)n3)C2)CCC1=O. The number of nitrogens with zero attached hydrogens (tertiary/aromatic N) is 4. The summed E-state index contributed by atoms with van der Waals surface area (Å²) in [6.45, 7) is 5.26. The van der Waals surface area contributed by atoms with Gasteiger partial charge in [0.25, 0.3) is 0 Å². The van der Waals surface area contributed by atoms with Crippen LogP contribution < -0.4 is 0 Å². The van der Waals surface area contributed by atoms with E-state index in [1.807, 2.05) is 0 Å². The zero-order valence-corrected chi connectivity index (χ0v) is 15.8. The van der Waals surface area contributed by atoms with Gasteiger partial charge in [0, 0.05) is 51.1 Å². The fourth-order valence-electron chi connectivity index (χ4n) is 4.51. The van der Waals surface area contributed by atoms with Gasteiger partial charge >= 0.3 is 0 Å². The molecule has 1 saturated carbocycles. The van der Waals surface area contributed by atoms with Crippen molar-refractivity contribution in [1.82, 2.24) is 19.9 Å². The summed E-state index contributed by atoms with van der Waals surface area (Å²) in [4.78, 5) is 21.4. The smallest absolute Gasteiger partial charge is 0.229 e. The Hall–Kier alpha value is -1.47. The lowest BCUT2D eigenvalue weighted by atomic mass is 9.73. The number of amides is 1. The first-order chi connectivity index (χ1) is 12.7. The van der Waals surface area contributed by atoms with Crippen molar-refractivity contribution in [1.29, 1.82) is 0 Å². The number of carbonyl (C=O) groups is 1. The second-order valence-electron chi connectivity index (χ2n) is 8.30. The van der Waals surface area contributed by atoms with E-state index in [4.69, 9.17) is 9.26 Å². The molecule has 4 rings (SSSR count). The Bertz CT molecular complexity index is 630. The Morgan fingerprint density at radius 1 is 1.31 bits per heavy atom. The van der Waals surface area contributed by atoms with Crippen LogP contribution in [0.3, 0.4) is 0 Å². The van der Waals surface area contributed by atoms with E-state index in [0.29, 0.717) is 24.9 Å². The second kappa shape index (κ2) is 7.64. The minimum absolute atomic E-state index is 0.224. The van der Waals surface area contributed by atoms with Gasteiger partial charge in [0.1, 0.15) is 0 Å². The van der Waals surface area contributed by atoms with Crippen molar-refractivity contribution in [3.8, 4) is 0 Å². The summed E-state index contributed by atoms with van der Waals surface area (Å²) in [7, 11) is 1.71. The molecule has 0 unspecified atom stereocenters. The molecule has 0 N–H and O–H groups in total. The molecule has 1 spiro atoms. The third-order valence-electron chi connectivity index (χ3n) is 6.04. The summed E-state index contributed by atoms with van der Waals surface area (Å²) < 4.78 is 10.5. The van der Waals surface area contributed by atoms with E-state index in [2.05, 4.69) is 19.9 Å². The molecule has 0 radical (unpaired) electrons. The molecule has 26 heavy (non-hydrogen) atoms. The van der Waals surface area contributed by atoms with Crippen LogP contribution in [0.2, 0.25) is 0 Å². The number of piperidine rings is 2.